The maximum absolute atomic E-state index is 8.24. The summed E-state index contributed by atoms with van der Waals surface area (Å²) in [6, 6.07) is 15.6. The van der Waals surface area contributed by atoms with Crippen molar-refractivity contribution in [3.05, 3.63) is 54.1 Å². The maximum atomic E-state index is 8.24. The smallest absolute Gasteiger partial charge is 0.202 e. The molecule has 0 radical (unpaired) electrons. The number of halogens is 1. The molecule has 0 atom stereocenters. The number of guanidine groups is 2. The zero-order valence-electron chi connectivity index (χ0n) is 14.2. The molecule has 5 N–H and O–H groups in total. The van der Waals surface area contributed by atoms with Crippen molar-refractivity contribution in [3.8, 4) is 11.5 Å². The van der Waals surface area contributed by atoms with Crippen LogP contribution in [0.2, 0.25) is 0 Å². The molecule has 3 rings (SSSR count). The lowest BCUT2D eigenvalue weighted by Crippen LogP contribution is -2.47. The van der Waals surface area contributed by atoms with Crippen LogP contribution in [-0.4, -0.2) is 31.7 Å². The largest absolute Gasteiger partial charge is 0.486 e. The first-order valence-corrected chi connectivity index (χ1v) is 8.04. The third-order valence-corrected chi connectivity index (χ3v) is 3.83. The Kier molecular flexibility index (Phi) is 6.68. The van der Waals surface area contributed by atoms with Gasteiger partial charge in [-0.05, 0) is 24.1 Å². The van der Waals surface area contributed by atoms with Crippen LogP contribution < -0.4 is 25.4 Å². The summed E-state index contributed by atoms with van der Waals surface area (Å²) in [7, 11) is 0. The Hall–Kier alpha value is -2.93. The summed E-state index contributed by atoms with van der Waals surface area (Å²) in [4.78, 5) is 1.76. The fraction of sp³-hybridized carbons (Fsp3) is 0.222. The molecule has 1 aliphatic heterocycles. The summed E-state index contributed by atoms with van der Waals surface area (Å²) >= 11 is 0. The van der Waals surface area contributed by atoms with E-state index < -0.39 is 0 Å². The van der Waals surface area contributed by atoms with Crippen molar-refractivity contribution in [2.24, 2.45) is 5.73 Å². The van der Waals surface area contributed by atoms with Gasteiger partial charge in [-0.25, -0.2) is 0 Å². The highest BCUT2D eigenvalue weighted by Crippen LogP contribution is 2.34. The molecule has 0 spiro atoms. The lowest BCUT2D eigenvalue weighted by Gasteiger charge is -2.27. The predicted molar refractivity (Wildman–Crippen MR) is 105 cm³/mol. The zero-order chi connectivity index (χ0) is 17.6. The van der Waals surface area contributed by atoms with Crippen molar-refractivity contribution in [3.63, 3.8) is 0 Å². The summed E-state index contributed by atoms with van der Waals surface area (Å²) in [6.45, 7) is 1.60. The first kappa shape index (κ1) is 19.4. The second kappa shape index (κ2) is 8.96. The number of rotatable bonds is 4. The van der Waals surface area contributed by atoms with Crippen LogP contribution in [0.3, 0.4) is 0 Å². The van der Waals surface area contributed by atoms with Gasteiger partial charge in [0.05, 0.1) is 0 Å². The number of ether oxygens (including phenoxy) is 2. The third-order valence-electron chi connectivity index (χ3n) is 3.83. The molecule has 8 heteroatoms. The van der Waals surface area contributed by atoms with Crippen LogP contribution in [0.4, 0.5) is 5.69 Å². The van der Waals surface area contributed by atoms with E-state index in [0.717, 1.165) is 12.1 Å². The van der Waals surface area contributed by atoms with Crippen molar-refractivity contribution in [1.29, 1.82) is 10.8 Å². The Morgan fingerprint density at radius 3 is 2.42 bits per heavy atom. The molecule has 26 heavy (non-hydrogen) atoms. The van der Waals surface area contributed by atoms with Gasteiger partial charge in [-0.15, -0.1) is 12.4 Å². The number of benzene rings is 2. The van der Waals surface area contributed by atoms with Gasteiger partial charge in [0.1, 0.15) is 13.2 Å². The SMILES string of the molecule is Cl.N=C(N)NC(=N)N(CCc1ccccc1)c1ccc2c(c1)OCCO2. The standard InChI is InChI=1S/C18H21N5O2.ClH/c19-17(20)22-18(21)23(9-8-13-4-2-1-3-5-13)14-6-7-15-16(12-14)25-11-10-24-15;/h1-7,12H,8-11H2,(H5,19,20,21,22);1H. The van der Waals surface area contributed by atoms with Crippen LogP contribution in [-0.2, 0) is 6.42 Å². The van der Waals surface area contributed by atoms with Crippen LogP contribution in [0.25, 0.3) is 0 Å². The van der Waals surface area contributed by atoms with E-state index in [1.807, 2.05) is 48.5 Å². The maximum Gasteiger partial charge on any atom is 0.202 e. The van der Waals surface area contributed by atoms with Crippen molar-refractivity contribution < 1.29 is 9.47 Å². The fourth-order valence-electron chi connectivity index (χ4n) is 2.65. The Balaban J connectivity index is 0.00000243. The van der Waals surface area contributed by atoms with E-state index in [-0.39, 0.29) is 24.3 Å². The highest BCUT2D eigenvalue weighted by Gasteiger charge is 2.18. The summed E-state index contributed by atoms with van der Waals surface area (Å²) in [5, 5.41) is 18.2. The average molecular weight is 376 g/mol. The van der Waals surface area contributed by atoms with E-state index in [9.17, 15) is 0 Å². The Bertz CT molecular complexity index is 769. The Labute approximate surface area is 158 Å². The monoisotopic (exact) mass is 375 g/mol. The molecule has 0 aliphatic carbocycles. The number of fused-ring (bicyclic) bond motifs is 1. The average Bonchev–Trinajstić information content (AvgIpc) is 2.62. The number of hydrogen-bond acceptors (Lipinski definition) is 4. The summed E-state index contributed by atoms with van der Waals surface area (Å²) in [6.07, 6.45) is 0.747. The predicted octanol–water partition coefficient (Wildman–Crippen LogP) is 2.35. The topological polar surface area (TPSA) is 107 Å². The molecule has 0 amide bonds. The second-order valence-corrected chi connectivity index (χ2v) is 5.60. The van der Waals surface area contributed by atoms with Gasteiger partial charge in [-0.2, -0.15) is 0 Å². The minimum absolute atomic E-state index is 0. The fourth-order valence-corrected chi connectivity index (χ4v) is 2.65. The van der Waals surface area contributed by atoms with Gasteiger partial charge < -0.3 is 20.1 Å². The summed E-state index contributed by atoms with van der Waals surface area (Å²) in [5.74, 6) is 1.13. The molecule has 138 valence electrons. The van der Waals surface area contributed by atoms with E-state index in [2.05, 4.69) is 5.32 Å². The molecule has 2 aromatic rings. The first-order valence-electron chi connectivity index (χ1n) is 8.04. The Morgan fingerprint density at radius 2 is 1.73 bits per heavy atom. The normalized spacial score (nSPS) is 11.8. The number of hydrogen-bond donors (Lipinski definition) is 4. The van der Waals surface area contributed by atoms with Crippen LogP contribution >= 0.6 is 12.4 Å². The van der Waals surface area contributed by atoms with Crippen molar-refractivity contribution in [2.45, 2.75) is 6.42 Å². The molecule has 0 fully saturated rings. The van der Waals surface area contributed by atoms with Gasteiger partial charge in [0.25, 0.3) is 0 Å². The molecular formula is C18H22ClN5O2. The second-order valence-electron chi connectivity index (χ2n) is 5.60. The van der Waals surface area contributed by atoms with Crippen LogP contribution in [0.15, 0.2) is 48.5 Å². The van der Waals surface area contributed by atoms with Gasteiger partial charge in [0.2, 0.25) is 5.96 Å². The van der Waals surface area contributed by atoms with Crippen molar-refractivity contribution in [2.75, 3.05) is 24.7 Å². The van der Waals surface area contributed by atoms with Gasteiger partial charge in [-0.3, -0.25) is 16.1 Å². The van der Waals surface area contributed by atoms with E-state index in [4.69, 9.17) is 26.0 Å². The quantitative estimate of drug-likeness (QED) is 0.484. The molecular weight excluding hydrogens is 354 g/mol. The molecule has 7 nitrogen and oxygen atoms in total. The van der Waals surface area contributed by atoms with E-state index >= 15 is 0 Å². The molecule has 1 heterocycles. The van der Waals surface area contributed by atoms with Crippen molar-refractivity contribution in [1.82, 2.24) is 5.32 Å². The highest BCUT2D eigenvalue weighted by atomic mass is 35.5. The van der Waals surface area contributed by atoms with Crippen LogP contribution in [0.1, 0.15) is 5.56 Å². The number of nitrogens with two attached hydrogens (primary N) is 1. The molecule has 0 unspecified atom stereocenters. The van der Waals surface area contributed by atoms with Gasteiger partial charge in [0.15, 0.2) is 17.5 Å². The summed E-state index contributed by atoms with van der Waals surface area (Å²) in [5.41, 5.74) is 7.33. The van der Waals surface area contributed by atoms with Gasteiger partial charge in [0, 0.05) is 18.3 Å². The first-order chi connectivity index (χ1) is 12.1. The molecule has 1 aliphatic rings. The number of anilines is 1. The molecule has 0 aromatic heterocycles. The molecule has 2 aromatic carbocycles. The minimum atomic E-state index is -0.271. The van der Waals surface area contributed by atoms with Crippen LogP contribution in [0, 0.1) is 10.8 Å². The summed E-state index contributed by atoms with van der Waals surface area (Å²) < 4.78 is 11.2. The minimum Gasteiger partial charge on any atom is -0.486 e. The van der Waals surface area contributed by atoms with Crippen molar-refractivity contribution >= 4 is 30.0 Å². The third kappa shape index (κ3) is 4.80. The van der Waals surface area contributed by atoms with Crippen LogP contribution in [0.5, 0.6) is 11.5 Å². The Morgan fingerprint density at radius 1 is 1.04 bits per heavy atom. The highest BCUT2D eigenvalue weighted by molar-refractivity contribution is 6.03. The van der Waals surface area contributed by atoms with E-state index in [0.29, 0.717) is 31.3 Å². The number of nitrogens with zero attached hydrogens (tertiary/aromatic N) is 1. The molecule has 0 saturated heterocycles. The van der Waals surface area contributed by atoms with E-state index in [1.165, 1.54) is 5.56 Å². The molecule has 0 bridgehead atoms. The molecule has 0 saturated carbocycles. The number of nitrogens with one attached hydrogen (secondary N) is 3. The zero-order valence-corrected chi connectivity index (χ0v) is 15.0. The lowest BCUT2D eigenvalue weighted by atomic mass is 10.1. The lowest BCUT2D eigenvalue weighted by molar-refractivity contribution is 0.171. The van der Waals surface area contributed by atoms with Gasteiger partial charge >= 0.3 is 0 Å². The van der Waals surface area contributed by atoms with E-state index in [1.54, 1.807) is 4.90 Å². The van der Waals surface area contributed by atoms with Gasteiger partial charge in [-0.1, -0.05) is 30.3 Å².